The van der Waals surface area contributed by atoms with E-state index in [0.29, 0.717) is 5.78 Å². The van der Waals surface area contributed by atoms with Crippen molar-refractivity contribution in [3.63, 3.8) is 0 Å². The fraction of sp³-hybridized carbons (Fsp3) is 0.824. The maximum Gasteiger partial charge on any atom is 0.138 e. The number of rotatable bonds is 4. The smallest absolute Gasteiger partial charge is 0.138 e. The monoisotopic (exact) mass is 263 g/mol. The number of Topliss-reactive ketones (excluding diaryl/α,β-unsaturated/α-hetero) is 1. The first kappa shape index (κ1) is 14.8. The van der Waals surface area contributed by atoms with Gasteiger partial charge in [0.1, 0.15) is 5.78 Å². The van der Waals surface area contributed by atoms with Crippen molar-refractivity contribution in [3.8, 4) is 0 Å². The molecule has 2 rings (SSSR count). The second kappa shape index (κ2) is 7.84. The highest BCUT2D eigenvalue weighted by molar-refractivity contribution is 5.82. The minimum Gasteiger partial charge on any atom is -0.302 e. The van der Waals surface area contributed by atoms with E-state index in [-0.39, 0.29) is 5.92 Å². The summed E-state index contributed by atoms with van der Waals surface area (Å²) < 4.78 is 0. The molecule has 2 fully saturated rings. The lowest BCUT2D eigenvalue weighted by Crippen LogP contribution is -2.42. The van der Waals surface area contributed by atoms with Crippen LogP contribution in [0.1, 0.15) is 57.8 Å². The van der Waals surface area contributed by atoms with E-state index in [9.17, 15) is 4.79 Å². The first-order valence-corrected chi connectivity index (χ1v) is 8.15. The molecule has 2 nitrogen and oxygen atoms in total. The summed E-state index contributed by atoms with van der Waals surface area (Å²) in [7, 11) is 0. The number of piperidine rings is 1. The van der Waals surface area contributed by atoms with Gasteiger partial charge in [-0.1, -0.05) is 38.2 Å². The zero-order valence-electron chi connectivity index (χ0n) is 12.3. The Hall–Kier alpha value is -0.630. The third-order valence-electron chi connectivity index (χ3n) is 4.80. The Bertz CT molecular complexity index is 292. The van der Waals surface area contributed by atoms with Crippen molar-refractivity contribution in [3.05, 3.63) is 12.7 Å². The molecule has 1 aliphatic carbocycles. The minimum absolute atomic E-state index is 0.222. The molecule has 0 amide bonds. The van der Waals surface area contributed by atoms with Gasteiger partial charge in [0, 0.05) is 32.0 Å². The molecular formula is C17H29NO. The van der Waals surface area contributed by atoms with E-state index in [1.54, 1.807) is 0 Å². The van der Waals surface area contributed by atoms with E-state index in [4.69, 9.17) is 0 Å². The lowest BCUT2D eigenvalue weighted by atomic mass is 9.88. The highest BCUT2D eigenvalue weighted by Gasteiger charge is 2.27. The zero-order valence-corrected chi connectivity index (χ0v) is 12.3. The van der Waals surface area contributed by atoms with Gasteiger partial charge in [-0.3, -0.25) is 4.79 Å². The third-order valence-corrected chi connectivity index (χ3v) is 4.80. The fourth-order valence-electron chi connectivity index (χ4n) is 3.64. The van der Waals surface area contributed by atoms with Crippen molar-refractivity contribution in [1.29, 1.82) is 0 Å². The summed E-state index contributed by atoms with van der Waals surface area (Å²) >= 11 is 0. The summed E-state index contributed by atoms with van der Waals surface area (Å²) in [6.45, 7) is 6.97. The van der Waals surface area contributed by atoms with Crippen molar-refractivity contribution in [2.75, 3.05) is 19.6 Å². The van der Waals surface area contributed by atoms with E-state index < -0.39 is 0 Å². The molecule has 2 heteroatoms. The summed E-state index contributed by atoms with van der Waals surface area (Å²) in [5.41, 5.74) is 0. The van der Waals surface area contributed by atoms with Gasteiger partial charge < -0.3 is 4.90 Å². The van der Waals surface area contributed by atoms with Gasteiger partial charge in [-0.2, -0.15) is 0 Å². The van der Waals surface area contributed by atoms with Gasteiger partial charge in [-0.25, -0.2) is 0 Å². The maximum absolute atomic E-state index is 11.8. The Morgan fingerprint density at radius 1 is 1.16 bits per heavy atom. The summed E-state index contributed by atoms with van der Waals surface area (Å²) in [5.74, 6) is 1.55. The van der Waals surface area contributed by atoms with Crippen LogP contribution < -0.4 is 0 Å². The van der Waals surface area contributed by atoms with Crippen LogP contribution in [0.5, 0.6) is 0 Å². The molecule has 0 bridgehead atoms. The van der Waals surface area contributed by atoms with Crippen LogP contribution >= 0.6 is 0 Å². The summed E-state index contributed by atoms with van der Waals surface area (Å²) in [4.78, 5) is 14.4. The molecule has 1 unspecified atom stereocenters. The number of hydrogen-bond donors (Lipinski definition) is 0. The molecule has 0 N–H and O–H groups in total. The molecular weight excluding hydrogens is 234 g/mol. The Morgan fingerprint density at radius 2 is 1.84 bits per heavy atom. The molecule has 1 aliphatic heterocycles. The average Bonchev–Trinajstić information content (AvgIpc) is 2.37. The van der Waals surface area contributed by atoms with E-state index >= 15 is 0 Å². The molecule has 0 aromatic rings. The van der Waals surface area contributed by atoms with Gasteiger partial charge >= 0.3 is 0 Å². The van der Waals surface area contributed by atoms with Gasteiger partial charge in [0.2, 0.25) is 0 Å². The Labute approximate surface area is 118 Å². The summed E-state index contributed by atoms with van der Waals surface area (Å²) in [6, 6.07) is 0. The molecule has 1 heterocycles. The number of hydrogen-bond acceptors (Lipinski definition) is 2. The van der Waals surface area contributed by atoms with Gasteiger partial charge in [-0.15, -0.1) is 6.58 Å². The van der Waals surface area contributed by atoms with Crippen LogP contribution in [0.15, 0.2) is 12.7 Å². The molecule has 19 heavy (non-hydrogen) atoms. The highest BCUT2D eigenvalue weighted by Crippen LogP contribution is 2.25. The zero-order chi connectivity index (χ0) is 13.5. The quantitative estimate of drug-likeness (QED) is 0.719. The summed E-state index contributed by atoms with van der Waals surface area (Å²) in [6.07, 6.45) is 13.4. The van der Waals surface area contributed by atoms with Crippen LogP contribution in [0, 0.1) is 11.8 Å². The normalized spacial score (nSPS) is 27.8. The average molecular weight is 263 g/mol. The molecule has 0 spiro atoms. The number of carbonyl (C=O) groups is 1. The SMILES string of the molecule is C=CCC1CN(CC2CCCCCCC2)CCC1=O. The van der Waals surface area contributed by atoms with Gasteiger partial charge in [0.15, 0.2) is 0 Å². The van der Waals surface area contributed by atoms with Crippen LogP contribution in [-0.4, -0.2) is 30.3 Å². The van der Waals surface area contributed by atoms with Crippen LogP contribution in [-0.2, 0) is 4.79 Å². The number of nitrogens with zero attached hydrogens (tertiary/aromatic N) is 1. The van der Waals surface area contributed by atoms with Gasteiger partial charge in [0.25, 0.3) is 0 Å². The van der Waals surface area contributed by atoms with Gasteiger partial charge in [-0.05, 0) is 25.2 Å². The number of allylic oxidation sites excluding steroid dienone is 1. The second-order valence-electron chi connectivity index (χ2n) is 6.41. The van der Waals surface area contributed by atoms with Crippen molar-refractivity contribution in [1.82, 2.24) is 4.90 Å². The molecule has 0 aromatic carbocycles. The first-order chi connectivity index (χ1) is 9.29. The minimum atomic E-state index is 0.222. The fourth-order valence-corrected chi connectivity index (χ4v) is 3.64. The molecule has 1 saturated carbocycles. The second-order valence-corrected chi connectivity index (χ2v) is 6.41. The Kier molecular flexibility index (Phi) is 6.09. The van der Waals surface area contributed by atoms with E-state index in [2.05, 4.69) is 11.5 Å². The van der Waals surface area contributed by atoms with Crippen LogP contribution in [0.2, 0.25) is 0 Å². The highest BCUT2D eigenvalue weighted by atomic mass is 16.1. The predicted molar refractivity (Wildman–Crippen MR) is 80.2 cm³/mol. The van der Waals surface area contributed by atoms with Crippen LogP contribution in [0.4, 0.5) is 0 Å². The third kappa shape index (κ3) is 4.76. The Balaban J connectivity index is 1.80. The number of likely N-dealkylation sites (tertiary alicyclic amines) is 1. The van der Waals surface area contributed by atoms with Crippen molar-refractivity contribution < 1.29 is 4.79 Å². The van der Waals surface area contributed by atoms with E-state index in [0.717, 1.165) is 31.8 Å². The number of ketones is 1. The number of carbonyl (C=O) groups excluding carboxylic acids is 1. The molecule has 0 radical (unpaired) electrons. The van der Waals surface area contributed by atoms with E-state index in [1.165, 1.54) is 51.5 Å². The van der Waals surface area contributed by atoms with Gasteiger partial charge in [0.05, 0.1) is 0 Å². The Morgan fingerprint density at radius 3 is 2.53 bits per heavy atom. The van der Waals surface area contributed by atoms with Crippen LogP contribution in [0.3, 0.4) is 0 Å². The lowest BCUT2D eigenvalue weighted by Gasteiger charge is -2.34. The summed E-state index contributed by atoms with van der Waals surface area (Å²) in [5, 5.41) is 0. The first-order valence-electron chi connectivity index (χ1n) is 8.15. The molecule has 2 aliphatic rings. The van der Waals surface area contributed by atoms with Crippen LogP contribution in [0.25, 0.3) is 0 Å². The predicted octanol–water partition coefficient (Wildman–Crippen LogP) is 3.81. The van der Waals surface area contributed by atoms with Crippen molar-refractivity contribution in [2.24, 2.45) is 11.8 Å². The maximum atomic E-state index is 11.8. The molecule has 108 valence electrons. The molecule has 0 aromatic heterocycles. The lowest BCUT2D eigenvalue weighted by molar-refractivity contribution is -0.126. The van der Waals surface area contributed by atoms with Crippen molar-refractivity contribution in [2.45, 2.75) is 57.8 Å². The largest absolute Gasteiger partial charge is 0.302 e. The molecule has 1 atom stereocenters. The standard InChI is InChI=1S/C17H29NO/c1-2-8-16-14-18(12-11-17(16)19)13-15-9-6-4-3-5-7-10-15/h2,15-16H,1,3-14H2. The topological polar surface area (TPSA) is 20.3 Å². The van der Waals surface area contributed by atoms with Crippen molar-refractivity contribution >= 4 is 5.78 Å². The van der Waals surface area contributed by atoms with E-state index in [1.807, 2.05) is 6.08 Å². The molecule has 1 saturated heterocycles.